The summed E-state index contributed by atoms with van der Waals surface area (Å²) in [5.74, 6) is 1.61. The Kier molecular flexibility index (Phi) is 6.10. The lowest BCUT2D eigenvalue weighted by Crippen LogP contribution is -2.40. The fourth-order valence-corrected chi connectivity index (χ4v) is 4.96. The number of anilines is 1. The van der Waals surface area contributed by atoms with Crippen LogP contribution in [0.25, 0.3) is 6.08 Å². The molecule has 0 bridgehead atoms. The van der Waals surface area contributed by atoms with Gasteiger partial charge in [-0.2, -0.15) is 0 Å². The van der Waals surface area contributed by atoms with Crippen LogP contribution in [0, 0.1) is 0 Å². The number of hydrogen-bond donors (Lipinski definition) is 0. The molecule has 1 saturated carbocycles. The van der Waals surface area contributed by atoms with Crippen molar-refractivity contribution in [2.24, 2.45) is 0 Å². The molecule has 4 rings (SSSR count). The number of likely N-dealkylation sites (tertiary alicyclic amines) is 1. The summed E-state index contributed by atoms with van der Waals surface area (Å²) < 4.78 is 25.0. The smallest absolute Gasteiger partial charge is 0.163 e. The van der Waals surface area contributed by atoms with E-state index in [1.54, 1.807) is 12.7 Å². The summed E-state index contributed by atoms with van der Waals surface area (Å²) in [5, 5.41) is 0. The second-order valence-corrected chi connectivity index (χ2v) is 8.22. The molecule has 1 aromatic rings. The van der Waals surface area contributed by atoms with E-state index in [9.17, 15) is 4.39 Å². The Morgan fingerprint density at radius 2 is 2.07 bits per heavy atom. The van der Waals surface area contributed by atoms with E-state index >= 15 is 0 Å². The lowest BCUT2D eigenvalue weighted by Gasteiger charge is -2.41. The molecule has 0 spiro atoms. The molecule has 0 radical (unpaired) electrons. The largest absolute Gasteiger partial charge is 0.493 e. The number of halogens is 1. The van der Waals surface area contributed by atoms with Crippen LogP contribution in [0.4, 0.5) is 10.1 Å². The van der Waals surface area contributed by atoms with Crippen LogP contribution in [-0.4, -0.2) is 57.0 Å². The molecule has 1 aromatic carbocycles. The van der Waals surface area contributed by atoms with Gasteiger partial charge in [-0.25, -0.2) is 4.39 Å². The maximum atomic E-state index is 13.3. The van der Waals surface area contributed by atoms with Crippen LogP contribution >= 0.6 is 0 Å². The van der Waals surface area contributed by atoms with Crippen molar-refractivity contribution < 1.29 is 13.9 Å². The summed E-state index contributed by atoms with van der Waals surface area (Å²) in [7, 11) is 1.71. The molecule has 2 aliphatic heterocycles. The fourth-order valence-electron chi connectivity index (χ4n) is 4.96. The molecule has 0 amide bonds. The van der Waals surface area contributed by atoms with E-state index in [1.807, 2.05) is 0 Å². The Balaban J connectivity index is 1.47. The number of fused-ring (bicyclic) bond motifs is 2. The molecule has 4 nitrogen and oxygen atoms in total. The van der Waals surface area contributed by atoms with Crippen molar-refractivity contribution in [2.45, 2.75) is 57.7 Å². The number of hydrogen-bond acceptors (Lipinski definition) is 4. The molecule has 2 atom stereocenters. The predicted molar refractivity (Wildman–Crippen MR) is 112 cm³/mol. The van der Waals surface area contributed by atoms with Gasteiger partial charge in [0.05, 0.1) is 19.8 Å². The van der Waals surface area contributed by atoms with Crippen molar-refractivity contribution in [3.8, 4) is 11.5 Å². The maximum Gasteiger partial charge on any atom is 0.163 e. The number of ether oxygens (including phenoxy) is 2. The molecule has 3 aliphatic rings. The highest BCUT2D eigenvalue weighted by molar-refractivity contribution is 5.78. The van der Waals surface area contributed by atoms with Crippen molar-refractivity contribution >= 4 is 11.8 Å². The Bertz CT molecular complexity index is 721. The van der Waals surface area contributed by atoms with Gasteiger partial charge in [0, 0.05) is 43.5 Å². The van der Waals surface area contributed by atoms with Gasteiger partial charge in [-0.1, -0.05) is 12.5 Å². The van der Waals surface area contributed by atoms with Crippen molar-refractivity contribution in [2.75, 3.05) is 44.8 Å². The van der Waals surface area contributed by atoms with Crippen molar-refractivity contribution in [1.82, 2.24) is 4.90 Å². The topological polar surface area (TPSA) is 24.9 Å². The molecule has 1 unspecified atom stereocenters. The second kappa shape index (κ2) is 8.73. The average Bonchev–Trinajstić information content (AvgIpc) is 3.14. The first-order valence-electron chi connectivity index (χ1n) is 10.9. The minimum atomic E-state index is -0.653. The molecule has 0 aromatic heterocycles. The molecule has 1 aliphatic carbocycles. The summed E-state index contributed by atoms with van der Waals surface area (Å²) >= 11 is 0. The Hall–Kier alpha value is -1.75. The molecular weight excluding hydrogens is 355 g/mol. The minimum Gasteiger partial charge on any atom is -0.493 e. The third-order valence-electron chi connectivity index (χ3n) is 6.39. The number of alkyl halides is 1. The Labute approximate surface area is 168 Å². The number of likely N-dealkylation sites (N-methyl/N-ethyl adjacent to an activating group) is 1. The average molecular weight is 389 g/mol. The Morgan fingerprint density at radius 1 is 1.18 bits per heavy atom. The van der Waals surface area contributed by atoms with E-state index in [0.717, 1.165) is 37.6 Å². The standard InChI is InChI=1S/C23H33FN2O2/c1-3-26-20-8-5-4-7-17(20)13-18-14-22(27-2)23(15-21(18)26)28-12-6-10-25-11-9-19(24)16-25/h13-15,19-20H,3-12,16H2,1-2H3/t19-,20?/m1/s1. The van der Waals surface area contributed by atoms with Gasteiger partial charge < -0.3 is 19.3 Å². The van der Waals surface area contributed by atoms with Crippen molar-refractivity contribution in [3.63, 3.8) is 0 Å². The maximum absolute atomic E-state index is 13.3. The number of rotatable bonds is 7. The third-order valence-corrected chi connectivity index (χ3v) is 6.39. The van der Waals surface area contributed by atoms with Crippen LogP contribution in [0.1, 0.15) is 51.0 Å². The van der Waals surface area contributed by atoms with Crippen molar-refractivity contribution in [3.05, 3.63) is 23.3 Å². The highest BCUT2D eigenvalue weighted by Gasteiger charge is 2.30. The minimum absolute atomic E-state index is 0.538. The molecule has 2 fully saturated rings. The van der Waals surface area contributed by atoms with Crippen LogP contribution in [0.2, 0.25) is 0 Å². The number of nitrogens with zero attached hydrogens (tertiary/aromatic N) is 2. The first kappa shape index (κ1) is 19.6. The highest BCUT2D eigenvalue weighted by atomic mass is 19.1. The van der Waals surface area contributed by atoms with E-state index < -0.39 is 6.17 Å². The van der Waals surface area contributed by atoms with Gasteiger partial charge in [-0.05, 0) is 50.7 Å². The zero-order valence-electron chi connectivity index (χ0n) is 17.3. The van der Waals surface area contributed by atoms with Crippen LogP contribution in [0.3, 0.4) is 0 Å². The Morgan fingerprint density at radius 3 is 2.82 bits per heavy atom. The van der Waals surface area contributed by atoms with Gasteiger partial charge >= 0.3 is 0 Å². The first-order chi connectivity index (χ1) is 13.7. The van der Waals surface area contributed by atoms with Crippen molar-refractivity contribution in [1.29, 1.82) is 0 Å². The van der Waals surface area contributed by atoms with E-state index in [4.69, 9.17) is 9.47 Å². The highest BCUT2D eigenvalue weighted by Crippen LogP contribution is 2.43. The quantitative estimate of drug-likeness (QED) is 0.634. The monoisotopic (exact) mass is 388 g/mol. The number of methoxy groups -OCH3 is 1. The molecule has 5 heteroatoms. The summed E-state index contributed by atoms with van der Waals surface area (Å²) in [6.45, 7) is 6.19. The van der Waals surface area contributed by atoms with E-state index in [0.29, 0.717) is 25.6 Å². The summed E-state index contributed by atoms with van der Waals surface area (Å²) in [5.41, 5.74) is 4.06. The third kappa shape index (κ3) is 4.00. The SMILES string of the molecule is CCN1c2cc(OCCCN3CC[C@@H](F)C3)c(OC)cc2C=C2CCCCC21. The van der Waals surface area contributed by atoms with E-state index in [1.165, 1.54) is 36.9 Å². The lowest BCUT2D eigenvalue weighted by atomic mass is 9.84. The first-order valence-corrected chi connectivity index (χ1v) is 10.9. The van der Waals surface area contributed by atoms with Crippen LogP contribution in [0.15, 0.2) is 17.7 Å². The normalized spacial score (nSPS) is 24.5. The van der Waals surface area contributed by atoms with Gasteiger partial charge in [-0.3, -0.25) is 0 Å². The predicted octanol–water partition coefficient (Wildman–Crippen LogP) is 4.67. The fraction of sp³-hybridized carbons (Fsp3) is 0.652. The van der Waals surface area contributed by atoms with Crippen LogP contribution in [0.5, 0.6) is 11.5 Å². The zero-order chi connectivity index (χ0) is 19.5. The van der Waals surface area contributed by atoms with Crippen LogP contribution < -0.4 is 14.4 Å². The summed E-state index contributed by atoms with van der Waals surface area (Å²) in [6, 6.07) is 4.82. The van der Waals surface area contributed by atoms with E-state index in [2.05, 4.69) is 34.9 Å². The molecule has 0 N–H and O–H groups in total. The molecule has 154 valence electrons. The van der Waals surface area contributed by atoms with Gasteiger partial charge in [0.25, 0.3) is 0 Å². The second-order valence-electron chi connectivity index (χ2n) is 8.22. The van der Waals surface area contributed by atoms with E-state index in [-0.39, 0.29) is 0 Å². The van der Waals surface area contributed by atoms with Gasteiger partial charge in [0.2, 0.25) is 0 Å². The summed E-state index contributed by atoms with van der Waals surface area (Å²) in [4.78, 5) is 4.72. The lowest BCUT2D eigenvalue weighted by molar-refractivity contribution is 0.242. The summed E-state index contributed by atoms with van der Waals surface area (Å²) in [6.07, 6.45) is 8.35. The molecule has 1 saturated heterocycles. The molecule has 2 heterocycles. The molecular formula is C23H33FN2O2. The van der Waals surface area contributed by atoms with Gasteiger partial charge in [0.1, 0.15) is 6.17 Å². The molecule has 28 heavy (non-hydrogen) atoms. The zero-order valence-corrected chi connectivity index (χ0v) is 17.3. The number of benzene rings is 1. The van der Waals surface area contributed by atoms with Crippen LogP contribution in [-0.2, 0) is 0 Å². The van der Waals surface area contributed by atoms with Gasteiger partial charge in [0.15, 0.2) is 11.5 Å². The van der Waals surface area contributed by atoms with Gasteiger partial charge in [-0.15, -0.1) is 0 Å².